The first kappa shape index (κ1) is 20.4. The first-order chi connectivity index (χ1) is 11.5. The Morgan fingerprint density at radius 2 is 1.76 bits per heavy atom. The van der Waals surface area contributed by atoms with Crippen LogP contribution in [0.3, 0.4) is 0 Å². The van der Waals surface area contributed by atoms with Gasteiger partial charge in [-0.25, -0.2) is 16.8 Å². The molecule has 1 aliphatic heterocycles. The van der Waals surface area contributed by atoms with Gasteiger partial charge in [-0.3, -0.25) is 0 Å². The Balaban J connectivity index is 2.34. The zero-order chi connectivity index (χ0) is 18.9. The zero-order valence-corrected chi connectivity index (χ0v) is 17.2. The molecule has 142 valence electrons. The molecule has 1 atom stereocenters. The molecule has 1 aromatic carbocycles. The van der Waals surface area contributed by atoms with E-state index in [2.05, 4.69) is 20.8 Å². The second-order valence-electron chi connectivity index (χ2n) is 7.80. The molecule has 1 aromatic rings. The highest BCUT2D eigenvalue weighted by Gasteiger charge is 2.38. The van der Waals surface area contributed by atoms with Crippen molar-refractivity contribution in [3.63, 3.8) is 0 Å². The molecule has 5 nitrogen and oxygen atoms in total. The molecule has 1 unspecified atom stereocenters. The number of sulfonamides is 1. The summed E-state index contributed by atoms with van der Waals surface area (Å²) in [4.78, 5) is 0.237. The standard InChI is InChI=1S/C18H29NO4S2/c1-5-6-12-19(16-11-13-24(20,21)14-16)25(22,23)17-9-7-15(8-10-17)18(2,3)4/h7-10,16H,5-6,11-14H2,1-4H3. The van der Waals surface area contributed by atoms with Crippen LogP contribution in [-0.2, 0) is 25.3 Å². The lowest BCUT2D eigenvalue weighted by molar-refractivity contribution is 0.335. The summed E-state index contributed by atoms with van der Waals surface area (Å²) in [5.74, 6) is -0.00517. The highest BCUT2D eigenvalue weighted by atomic mass is 32.2. The van der Waals surface area contributed by atoms with Crippen molar-refractivity contribution in [2.24, 2.45) is 0 Å². The van der Waals surface area contributed by atoms with Gasteiger partial charge in [0.05, 0.1) is 16.4 Å². The maximum atomic E-state index is 13.1. The van der Waals surface area contributed by atoms with Crippen LogP contribution < -0.4 is 0 Å². The van der Waals surface area contributed by atoms with Crippen LogP contribution in [0.4, 0.5) is 0 Å². The predicted octanol–water partition coefficient (Wildman–Crippen LogP) is 2.96. The van der Waals surface area contributed by atoms with Crippen molar-refractivity contribution in [1.82, 2.24) is 4.31 Å². The second kappa shape index (κ2) is 7.37. The molecule has 1 aliphatic rings. The molecule has 0 spiro atoms. The smallest absolute Gasteiger partial charge is 0.229 e. The van der Waals surface area contributed by atoms with Gasteiger partial charge in [0.1, 0.15) is 0 Å². The molecule has 25 heavy (non-hydrogen) atoms. The monoisotopic (exact) mass is 387 g/mol. The third kappa shape index (κ3) is 4.83. The van der Waals surface area contributed by atoms with E-state index in [-0.39, 0.29) is 21.8 Å². The molecule has 0 radical (unpaired) electrons. The Kier molecular flexibility index (Phi) is 6.01. The summed E-state index contributed by atoms with van der Waals surface area (Å²) in [6.07, 6.45) is 1.95. The van der Waals surface area contributed by atoms with E-state index in [1.165, 1.54) is 4.31 Å². The lowest BCUT2D eigenvalue weighted by Gasteiger charge is -2.27. The van der Waals surface area contributed by atoms with Crippen molar-refractivity contribution in [2.45, 2.75) is 63.3 Å². The summed E-state index contributed by atoms with van der Waals surface area (Å²) in [6, 6.07) is 6.51. The Hall–Kier alpha value is -0.920. The van der Waals surface area contributed by atoms with Gasteiger partial charge >= 0.3 is 0 Å². The summed E-state index contributed by atoms with van der Waals surface area (Å²) in [7, 11) is -6.84. The van der Waals surface area contributed by atoms with E-state index in [1.807, 2.05) is 19.1 Å². The van der Waals surface area contributed by atoms with Crippen molar-refractivity contribution in [2.75, 3.05) is 18.1 Å². The molecule has 0 aliphatic carbocycles. The Morgan fingerprint density at radius 3 is 2.20 bits per heavy atom. The van der Waals surface area contributed by atoms with Gasteiger partial charge in [-0.2, -0.15) is 4.31 Å². The largest absolute Gasteiger partial charge is 0.243 e. The van der Waals surface area contributed by atoms with Crippen LogP contribution in [0.5, 0.6) is 0 Å². The fourth-order valence-electron chi connectivity index (χ4n) is 3.08. The number of hydrogen-bond acceptors (Lipinski definition) is 4. The van der Waals surface area contributed by atoms with Gasteiger partial charge in [-0.1, -0.05) is 46.2 Å². The van der Waals surface area contributed by atoms with Crippen molar-refractivity contribution < 1.29 is 16.8 Å². The molecule has 0 N–H and O–H groups in total. The average Bonchev–Trinajstić information content (AvgIpc) is 2.86. The first-order valence-electron chi connectivity index (χ1n) is 8.80. The van der Waals surface area contributed by atoms with E-state index in [4.69, 9.17) is 0 Å². The van der Waals surface area contributed by atoms with Gasteiger partial charge in [-0.05, 0) is 36.0 Å². The molecule has 2 rings (SSSR count). The Bertz CT molecular complexity index is 790. The van der Waals surface area contributed by atoms with E-state index in [9.17, 15) is 16.8 Å². The maximum Gasteiger partial charge on any atom is 0.243 e. The van der Waals surface area contributed by atoms with Gasteiger partial charge in [-0.15, -0.1) is 0 Å². The quantitative estimate of drug-likeness (QED) is 0.752. The van der Waals surface area contributed by atoms with E-state index in [1.54, 1.807) is 12.1 Å². The molecule has 0 amide bonds. The molecule has 1 fully saturated rings. The Morgan fingerprint density at radius 1 is 1.16 bits per heavy atom. The van der Waals surface area contributed by atoms with Crippen LogP contribution in [-0.4, -0.2) is 45.2 Å². The van der Waals surface area contributed by atoms with Crippen molar-refractivity contribution in [3.8, 4) is 0 Å². The minimum absolute atomic E-state index is 0.0519. The average molecular weight is 388 g/mol. The van der Waals surface area contributed by atoms with E-state index < -0.39 is 25.9 Å². The third-order valence-electron chi connectivity index (χ3n) is 4.67. The SMILES string of the molecule is CCCCN(C1CCS(=O)(=O)C1)S(=O)(=O)c1ccc(C(C)(C)C)cc1. The lowest BCUT2D eigenvalue weighted by atomic mass is 9.87. The topological polar surface area (TPSA) is 71.5 Å². The second-order valence-corrected chi connectivity index (χ2v) is 11.9. The van der Waals surface area contributed by atoms with Gasteiger partial charge < -0.3 is 0 Å². The molecule has 1 heterocycles. The molecule has 0 bridgehead atoms. The molecular weight excluding hydrogens is 358 g/mol. The highest BCUT2D eigenvalue weighted by Crippen LogP contribution is 2.28. The van der Waals surface area contributed by atoms with E-state index in [0.717, 1.165) is 18.4 Å². The lowest BCUT2D eigenvalue weighted by Crippen LogP contribution is -2.41. The number of sulfone groups is 1. The predicted molar refractivity (Wildman–Crippen MR) is 101 cm³/mol. The van der Waals surface area contributed by atoms with E-state index >= 15 is 0 Å². The molecular formula is C18H29NO4S2. The fraction of sp³-hybridized carbons (Fsp3) is 0.667. The van der Waals surface area contributed by atoms with Crippen LogP contribution in [0, 0.1) is 0 Å². The van der Waals surface area contributed by atoms with Gasteiger partial charge in [0.2, 0.25) is 10.0 Å². The number of benzene rings is 1. The number of hydrogen-bond donors (Lipinski definition) is 0. The summed E-state index contributed by atoms with van der Waals surface area (Å²) in [5, 5.41) is 0. The molecule has 0 aromatic heterocycles. The van der Waals surface area contributed by atoms with Crippen LogP contribution in [0.2, 0.25) is 0 Å². The van der Waals surface area contributed by atoms with Crippen LogP contribution >= 0.6 is 0 Å². The summed E-state index contributed by atoms with van der Waals surface area (Å²) >= 11 is 0. The van der Waals surface area contributed by atoms with Crippen molar-refractivity contribution in [3.05, 3.63) is 29.8 Å². The summed E-state index contributed by atoms with van der Waals surface area (Å²) < 4.78 is 51.3. The number of unbranched alkanes of at least 4 members (excludes halogenated alkanes) is 1. The first-order valence-corrected chi connectivity index (χ1v) is 12.1. The minimum atomic E-state index is -3.70. The normalized spacial score (nSPS) is 20.9. The maximum absolute atomic E-state index is 13.1. The summed E-state index contributed by atoms with van der Waals surface area (Å²) in [5.41, 5.74) is 1.01. The fourth-order valence-corrected chi connectivity index (χ4v) is 6.60. The van der Waals surface area contributed by atoms with Crippen LogP contribution in [0.15, 0.2) is 29.2 Å². The van der Waals surface area contributed by atoms with Crippen molar-refractivity contribution in [1.29, 1.82) is 0 Å². The highest BCUT2D eigenvalue weighted by molar-refractivity contribution is 7.92. The molecule has 7 heteroatoms. The molecule has 1 saturated heterocycles. The minimum Gasteiger partial charge on any atom is -0.229 e. The number of rotatable bonds is 6. The number of nitrogens with zero attached hydrogens (tertiary/aromatic N) is 1. The zero-order valence-electron chi connectivity index (χ0n) is 15.5. The van der Waals surface area contributed by atoms with Gasteiger partial charge in [0.25, 0.3) is 0 Å². The summed E-state index contributed by atoms with van der Waals surface area (Å²) in [6.45, 7) is 8.59. The third-order valence-corrected chi connectivity index (χ3v) is 8.39. The Labute approximate surface area is 152 Å². The molecule has 0 saturated carbocycles. The van der Waals surface area contributed by atoms with Crippen LogP contribution in [0.1, 0.15) is 52.5 Å². The van der Waals surface area contributed by atoms with Gasteiger partial charge in [0.15, 0.2) is 9.84 Å². The van der Waals surface area contributed by atoms with Gasteiger partial charge in [0, 0.05) is 12.6 Å². The van der Waals surface area contributed by atoms with Crippen molar-refractivity contribution >= 4 is 19.9 Å². The van der Waals surface area contributed by atoms with E-state index in [0.29, 0.717) is 13.0 Å². The van der Waals surface area contributed by atoms with Crippen LogP contribution in [0.25, 0.3) is 0 Å².